The van der Waals surface area contributed by atoms with Crippen molar-refractivity contribution >= 4 is 28.8 Å². The second-order valence-corrected chi connectivity index (χ2v) is 3.54. The van der Waals surface area contributed by atoms with Crippen LogP contribution < -0.4 is 10.9 Å². The molecule has 7 heteroatoms. The van der Waals surface area contributed by atoms with Crippen molar-refractivity contribution in [3.05, 3.63) is 22.6 Å². The van der Waals surface area contributed by atoms with Crippen molar-refractivity contribution in [2.24, 2.45) is 0 Å². The maximum Gasteiger partial charge on any atom is 0.261 e. The quantitative estimate of drug-likeness (QED) is 0.743. The zero-order valence-electron chi connectivity index (χ0n) is 9.27. The molecule has 1 amide bonds. The lowest BCUT2D eigenvalue weighted by Crippen LogP contribution is -2.17. The van der Waals surface area contributed by atoms with E-state index in [0.717, 1.165) is 0 Å². The molecule has 0 aliphatic carbocycles. The molecule has 7 nitrogen and oxygen atoms in total. The van der Waals surface area contributed by atoms with E-state index in [1.165, 1.54) is 30.7 Å². The molecule has 0 aliphatic heterocycles. The van der Waals surface area contributed by atoms with Crippen LogP contribution in [0.1, 0.15) is 18.6 Å². The van der Waals surface area contributed by atoms with E-state index in [0.29, 0.717) is 5.39 Å². The molecule has 2 rings (SSSR count). The van der Waals surface area contributed by atoms with Crippen LogP contribution in [0, 0.1) is 0 Å². The van der Waals surface area contributed by atoms with Gasteiger partial charge in [-0.3, -0.25) is 29.3 Å². The number of nitrogens with zero attached hydrogens (tertiary/aromatic N) is 2. The first-order chi connectivity index (χ1) is 7.99. The van der Waals surface area contributed by atoms with Gasteiger partial charge in [0.15, 0.2) is 5.65 Å². The Balaban J connectivity index is 2.69. The SMILES string of the molecule is CC(=O)Nc1nc2c(ccn2C(C)=O)c(=O)[nH]1. The van der Waals surface area contributed by atoms with Gasteiger partial charge in [-0.15, -0.1) is 0 Å². The van der Waals surface area contributed by atoms with Gasteiger partial charge in [-0.05, 0) is 6.07 Å². The highest BCUT2D eigenvalue weighted by molar-refractivity contribution is 5.91. The highest BCUT2D eigenvalue weighted by Gasteiger charge is 2.11. The summed E-state index contributed by atoms with van der Waals surface area (Å²) in [4.78, 5) is 40.2. The lowest BCUT2D eigenvalue weighted by atomic mass is 10.4. The summed E-state index contributed by atoms with van der Waals surface area (Å²) in [5, 5.41) is 2.66. The van der Waals surface area contributed by atoms with Crippen LogP contribution in [0.5, 0.6) is 0 Å². The molecule has 0 bridgehead atoms. The van der Waals surface area contributed by atoms with Crippen molar-refractivity contribution in [3.63, 3.8) is 0 Å². The van der Waals surface area contributed by atoms with Crippen LogP contribution in [0.25, 0.3) is 11.0 Å². The van der Waals surface area contributed by atoms with Gasteiger partial charge in [-0.2, -0.15) is 4.98 Å². The smallest absolute Gasteiger partial charge is 0.261 e. The largest absolute Gasteiger partial charge is 0.296 e. The number of hydrogen-bond acceptors (Lipinski definition) is 4. The van der Waals surface area contributed by atoms with E-state index in [9.17, 15) is 14.4 Å². The fourth-order valence-corrected chi connectivity index (χ4v) is 1.50. The standard InChI is InChI=1S/C10H10N4O3/c1-5(15)11-10-12-8-7(9(17)13-10)3-4-14(8)6(2)16/h3-4H,1-2H3,(H2,11,12,13,15,17). The minimum absolute atomic E-state index is 0.0243. The molecule has 0 saturated heterocycles. The summed E-state index contributed by atoms with van der Waals surface area (Å²) in [6, 6.07) is 1.50. The van der Waals surface area contributed by atoms with Crippen molar-refractivity contribution in [2.75, 3.05) is 5.32 Å². The van der Waals surface area contributed by atoms with Gasteiger partial charge in [0.05, 0.1) is 5.39 Å². The third-order valence-electron chi connectivity index (χ3n) is 2.19. The fraction of sp³-hybridized carbons (Fsp3) is 0.200. The third-order valence-corrected chi connectivity index (χ3v) is 2.19. The van der Waals surface area contributed by atoms with Crippen LogP contribution in [-0.4, -0.2) is 26.3 Å². The normalized spacial score (nSPS) is 10.5. The molecular formula is C10H10N4O3. The topological polar surface area (TPSA) is 96.8 Å². The highest BCUT2D eigenvalue weighted by Crippen LogP contribution is 2.10. The second-order valence-electron chi connectivity index (χ2n) is 3.54. The Hall–Kier alpha value is -2.44. The van der Waals surface area contributed by atoms with Crippen molar-refractivity contribution in [3.8, 4) is 0 Å². The van der Waals surface area contributed by atoms with Gasteiger partial charge in [0, 0.05) is 20.0 Å². The molecule has 0 atom stereocenters. The molecular weight excluding hydrogens is 224 g/mol. The van der Waals surface area contributed by atoms with Crippen LogP contribution in [0.2, 0.25) is 0 Å². The molecule has 0 unspecified atom stereocenters. The summed E-state index contributed by atoms with van der Waals surface area (Å²) in [5.41, 5.74) is -0.177. The van der Waals surface area contributed by atoms with E-state index in [2.05, 4.69) is 15.3 Å². The van der Waals surface area contributed by atoms with Gasteiger partial charge >= 0.3 is 0 Å². The molecule has 2 heterocycles. The van der Waals surface area contributed by atoms with Gasteiger partial charge in [-0.25, -0.2) is 0 Å². The zero-order valence-corrected chi connectivity index (χ0v) is 9.27. The summed E-state index contributed by atoms with van der Waals surface area (Å²) in [6.07, 6.45) is 1.47. The van der Waals surface area contributed by atoms with E-state index in [1.807, 2.05) is 0 Å². The van der Waals surface area contributed by atoms with E-state index in [1.54, 1.807) is 0 Å². The number of aromatic amines is 1. The lowest BCUT2D eigenvalue weighted by Gasteiger charge is -2.02. The minimum Gasteiger partial charge on any atom is -0.296 e. The molecule has 17 heavy (non-hydrogen) atoms. The first-order valence-electron chi connectivity index (χ1n) is 4.89. The Morgan fingerprint density at radius 3 is 2.71 bits per heavy atom. The Morgan fingerprint density at radius 1 is 1.41 bits per heavy atom. The predicted octanol–water partition coefficient (Wildman–Crippen LogP) is 0.343. The van der Waals surface area contributed by atoms with Crippen LogP contribution >= 0.6 is 0 Å². The summed E-state index contributed by atoms with van der Waals surface area (Å²) in [5.74, 6) is -0.587. The number of carbonyl (C=O) groups is 2. The number of hydrogen-bond donors (Lipinski definition) is 2. The summed E-state index contributed by atoms with van der Waals surface area (Å²) in [6.45, 7) is 2.66. The molecule has 2 aromatic heterocycles. The van der Waals surface area contributed by atoms with Crippen LogP contribution in [0.15, 0.2) is 17.1 Å². The number of fused-ring (bicyclic) bond motifs is 1. The molecule has 0 radical (unpaired) electrons. The fourth-order valence-electron chi connectivity index (χ4n) is 1.50. The molecule has 0 spiro atoms. The lowest BCUT2D eigenvalue weighted by molar-refractivity contribution is -0.114. The Bertz CT molecular complexity index is 668. The molecule has 0 saturated carbocycles. The van der Waals surface area contributed by atoms with E-state index < -0.39 is 5.56 Å². The predicted molar refractivity (Wildman–Crippen MR) is 61.0 cm³/mol. The summed E-state index contributed by atoms with van der Waals surface area (Å²) < 4.78 is 1.25. The van der Waals surface area contributed by atoms with Crippen molar-refractivity contribution < 1.29 is 9.59 Å². The number of carbonyl (C=O) groups excluding carboxylic acids is 2. The van der Waals surface area contributed by atoms with Crippen molar-refractivity contribution in [1.29, 1.82) is 0 Å². The van der Waals surface area contributed by atoms with E-state index >= 15 is 0 Å². The minimum atomic E-state index is -0.404. The maximum absolute atomic E-state index is 11.6. The molecule has 0 aromatic carbocycles. The van der Waals surface area contributed by atoms with E-state index in [-0.39, 0.29) is 23.4 Å². The van der Waals surface area contributed by atoms with Gasteiger partial charge in [-0.1, -0.05) is 0 Å². The first kappa shape index (κ1) is 11.1. The number of aromatic nitrogens is 3. The van der Waals surface area contributed by atoms with E-state index in [4.69, 9.17) is 0 Å². The maximum atomic E-state index is 11.6. The zero-order chi connectivity index (χ0) is 12.6. The molecule has 2 aromatic rings. The summed E-state index contributed by atoms with van der Waals surface area (Å²) in [7, 11) is 0. The average molecular weight is 234 g/mol. The first-order valence-corrected chi connectivity index (χ1v) is 4.89. The Kier molecular flexibility index (Phi) is 2.51. The number of amides is 1. The Morgan fingerprint density at radius 2 is 2.12 bits per heavy atom. The number of anilines is 1. The highest BCUT2D eigenvalue weighted by atomic mass is 16.2. The molecule has 0 fully saturated rings. The van der Waals surface area contributed by atoms with Gasteiger partial charge in [0.25, 0.3) is 5.56 Å². The molecule has 0 aliphatic rings. The Labute approximate surface area is 95.5 Å². The average Bonchev–Trinajstić information content (AvgIpc) is 2.60. The van der Waals surface area contributed by atoms with Crippen molar-refractivity contribution in [2.45, 2.75) is 13.8 Å². The third kappa shape index (κ3) is 1.94. The second kappa shape index (κ2) is 3.85. The van der Waals surface area contributed by atoms with Crippen molar-refractivity contribution in [1.82, 2.24) is 14.5 Å². The summed E-state index contributed by atoms with van der Waals surface area (Å²) >= 11 is 0. The van der Waals surface area contributed by atoms with Gasteiger partial charge < -0.3 is 0 Å². The number of H-pyrrole nitrogens is 1. The monoisotopic (exact) mass is 234 g/mol. The molecule has 88 valence electrons. The number of rotatable bonds is 1. The van der Waals surface area contributed by atoms with Crippen LogP contribution in [-0.2, 0) is 4.79 Å². The van der Waals surface area contributed by atoms with Gasteiger partial charge in [0.1, 0.15) is 0 Å². The van der Waals surface area contributed by atoms with Gasteiger partial charge in [0.2, 0.25) is 17.8 Å². The van der Waals surface area contributed by atoms with Crippen LogP contribution in [0.4, 0.5) is 5.95 Å². The number of nitrogens with one attached hydrogen (secondary N) is 2. The van der Waals surface area contributed by atoms with Crippen LogP contribution in [0.3, 0.4) is 0 Å². The molecule has 2 N–H and O–H groups in total.